The molecule has 4 rings (SSSR count). The predicted molar refractivity (Wildman–Crippen MR) is 139 cm³/mol. The number of nitrogens with zero attached hydrogens (tertiary/aromatic N) is 3. The summed E-state index contributed by atoms with van der Waals surface area (Å²) in [5.74, 6) is -0.402. The van der Waals surface area contributed by atoms with Crippen LogP contribution in [0.2, 0.25) is 0 Å². The lowest BCUT2D eigenvalue weighted by atomic mass is 9.96. The van der Waals surface area contributed by atoms with E-state index in [1.54, 1.807) is 26.3 Å². The first-order valence-corrected chi connectivity index (χ1v) is 14.2. The van der Waals surface area contributed by atoms with Crippen LogP contribution >= 0.6 is 11.3 Å². The van der Waals surface area contributed by atoms with Crippen molar-refractivity contribution in [1.82, 2.24) is 8.87 Å². The Balaban J connectivity index is 1.63. The van der Waals surface area contributed by atoms with Crippen molar-refractivity contribution in [2.24, 2.45) is 4.99 Å². The number of fused-ring (bicyclic) bond motifs is 1. The van der Waals surface area contributed by atoms with E-state index in [-0.39, 0.29) is 10.9 Å². The van der Waals surface area contributed by atoms with E-state index in [2.05, 4.69) is 31.0 Å². The Morgan fingerprint density at radius 2 is 1.77 bits per heavy atom. The lowest BCUT2D eigenvalue weighted by Crippen LogP contribution is -2.38. The smallest absolute Gasteiger partial charge is 0.279 e. The van der Waals surface area contributed by atoms with Crippen LogP contribution in [-0.2, 0) is 21.3 Å². The van der Waals surface area contributed by atoms with Crippen molar-refractivity contribution >= 4 is 37.5 Å². The van der Waals surface area contributed by atoms with E-state index in [0.717, 1.165) is 42.3 Å². The molecule has 1 fully saturated rings. The molecule has 2 aromatic carbocycles. The number of amides is 1. The molecule has 0 radical (unpaired) electrons. The maximum Gasteiger partial charge on any atom is 0.279 e. The largest absolute Gasteiger partial charge is 0.383 e. The normalized spacial score (nSPS) is 15.9. The van der Waals surface area contributed by atoms with Gasteiger partial charge >= 0.3 is 0 Å². The van der Waals surface area contributed by atoms with Crippen molar-refractivity contribution in [1.29, 1.82) is 0 Å². The molecule has 0 aliphatic heterocycles. The zero-order valence-corrected chi connectivity index (χ0v) is 22.4. The van der Waals surface area contributed by atoms with Crippen LogP contribution in [0.1, 0.15) is 53.6 Å². The molecule has 1 saturated carbocycles. The number of ether oxygens (including phenoxy) is 1. The molecule has 0 unspecified atom stereocenters. The van der Waals surface area contributed by atoms with Crippen molar-refractivity contribution in [3.63, 3.8) is 0 Å². The van der Waals surface area contributed by atoms with Gasteiger partial charge in [0.15, 0.2) is 4.80 Å². The van der Waals surface area contributed by atoms with E-state index in [1.165, 1.54) is 38.9 Å². The first kappa shape index (κ1) is 25.8. The molecular weight excluding hydrogens is 482 g/mol. The molecule has 1 aromatic heterocycles. The Labute approximate surface area is 211 Å². The molecule has 35 heavy (non-hydrogen) atoms. The summed E-state index contributed by atoms with van der Waals surface area (Å²) in [7, 11) is -0.304. The van der Waals surface area contributed by atoms with Crippen molar-refractivity contribution in [2.75, 3.05) is 20.8 Å². The number of sulfonamides is 1. The van der Waals surface area contributed by atoms with Gasteiger partial charge in [0, 0.05) is 32.3 Å². The molecular formula is C26H33N3O4S2. The van der Waals surface area contributed by atoms with Gasteiger partial charge in [-0.1, -0.05) is 30.6 Å². The number of methoxy groups -OCH3 is 1. The molecule has 1 aliphatic rings. The van der Waals surface area contributed by atoms with Crippen LogP contribution in [0.3, 0.4) is 0 Å². The van der Waals surface area contributed by atoms with Gasteiger partial charge in [-0.25, -0.2) is 8.42 Å². The minimum absolute atomic E-state index is 0.0350. The monoisotopic (exact) mass is 515 g/mol. The van der Waals surface area contributed by atoms with Crippen molar-refractivity contribution < 1.29 is 17.9 Å². The average molecular weight is 516 g/mol. The topological polar surface area (TPSA) is 81.0 Å². The van der Waals surface area contributed by atoms with E-state index in [4.69, 9.17) is 4.74 Å². The standard InChI is InChI=1S/C26H33N3O4S2/c1-18-16-23-24(17-19(18)2)34-26(29(23)14-15-33-4)27-25(30)20-10-12-22(13-11-20)35(31,32)28(3)21-8-6-5-7-9-21/h10-13,16-17,21H,5-9,14-15H2,1-4H3. The molecule has 7 nitrogen and oxygen atoms in total. The highest BCUT2D eigenvalue weighted by Gasteiger charge is 2.29. The van der Waals surface area contributed by atoms with Crippen molar-refractivity contribution in [3.05, 3.63) is 57.9 Å². The predicted octanol–water partition coefficient (Wildman–Crippen LogP) is 4.66. The molecule has 1 heterocycles. The van der Waals surface area contributed by atoms with Gasteiger partial charge in [0.2, 0.25) is 10.0 Å². The van der Waals surface area contributed by atoms with Gasteiger partial charge in [-0.05, 0) is 74.2 Å². The maximum absolute atomic E-state index is 13.1. The molecule has 0 spiro atoms. The van der Waals surface area contributed by atoms with Gasteiger partial charge in [-0.2, -0.15) is 9.30 Å². The van der Waals surface area contributed by atoms with Gasteiger partial charge in [0.25, 0.3) is 5.91 Å². The summed E-state index contributed by atoms with van der Waals surface area (Å²) in [4.78, 5) is 18.2. The Morgan fingerprint density at radius 1 is 1.11 bits per heavy atom. The van der Waals surface area contributed by atoms with Gasteiger partial charge in [-0.15, -0.1) is 0 Å². The Morgan fingerprint density at radius 3 is 2.43 bits per heavy atom. The summed E-state index contributed by atoms with van der Waals surface area (Å²) in [6.45, 7) is 5.21. The summed E-state index contributed by atoms with van der Waals surface area (Å²) in [6.07, 6.45) is 5.06. The molecule has 1 aliphatic carbocycles. The van der Waals surface area contributed by atoms with E-state index < -0.39 is 15.9 Å². The van der Waals surface area contributed by atoms with Crippen LogP contribution in [0.15, 0.2) is 46.3 Å². The second kappa shape index (κ2) is 10.7. The van der Waals surface area contributed by atoms with E-state index >= 15 is 0 Å². The second-order valence-electron chi connectivity index (χ2n) is 9.19. The van der Waals surface area contributed by atoms with Crippen LogP contribution in [-0.4, -0.2) is 50.0 Å². The number of aryl methyl sites for hydroxylation is 2. The first-order chi connectivity index (χ1) is 16.7. The highest BCUT2D eigenvalue weighted by atomic mass is 32.2. The van der Waals surface area contributed by atoms with Crippen LogP contribution in [0, 0.1) is 13.8 Å². The number of carbonyl (C=O) groups is 1. The average Bonchev–Trinajstić information content (AvgIpc) is 3.18. The van der Waals surface area contributed by atoms with Gasteiger partial charge in [-0.3, -0.25) is 4.79 Å². The van der Waals surface area contributed by atoms with Crippen LogP contribution < -0.4 is 4.80 Å². The summed E-state index contributed by atoms with van der Waals surface area (Å²) >= 11 is 1.46. The third-order valence-electron chi connectivity index (χ3n) is 6.88. The van der Waals surface area contributed by atoms with Crippen LogP contribution in [0.5, 0.6) is 0 Å². The molecule has 0 saturated heterocycles. The summed E-state index contributed by atoms with van der Waals surface area (Å²) in [5.41, 5.74) is 3.74. The summed E-state index contributed by atoms with van der Waals surface area (Å²) in [5, 5.41) is 0. The Hall–Kier alpha value is -2.33. The zero-order valence-electron chi connectivity index (χ0n) is 20.8. The highest BCUT2D eigenvalue weighted by Crippen LogP contribution is 2.27. The SMILES string of the molecule is COCCn1c(=NC(=O)c2ccc(S(=O)(=O)N(C)C3CCCCC3)cc2)sc2cc(C)c(C)cc21. The van der Waals surface area contributed by atoms with E-state index in [9.17, 15) is 13.2 Å². The Bertz CT molecular complexity index is 1380. The minimum atomic E-state index is -3.61. The minimum Gasteiger partial charge on any atom is -0.383 e. The molecule has 0 bridgehead atoms. The van der Waals surface area contributed by atoms with E-state index in [1.807, 2.05) is 4.57 Å². The number of hydrogen-bond acceptors (Lipinski definition) is 5. The number of hydrogen-bond donors (Lipinski definition) is 0. The lowest BCUT2D eigenvalue weighted by Gasteiger charge is -2.30. The van der Waals surface area contributed by atoms with Gasteiger partial charge in [0.1, 0.15) is 0 Å². The molecule has 9 heteroatoms. The van der Waals surface area contributed by atoms with Crippen molar-refractivity contribution in [2.45, 2.75) is 63.4 Å². The fraction of sp³-hybridized carbons (Fsp3) is 0.462. The molecule has 188 valence electrons. The van der Waals surface area contributed by atoms with E-state index in [0.29, 0.717) is 23.5 Å². The second-order valence-corrected chi connectivity index (χ2v) is 12.2. The number of thiazole rings is 1. The summed E-state index contributed by atoms with van der Waals surface area (Å²) < 4.78 is 36.0. The molecule has 1 amide bonds. The molecule has 0 atom stereocenters. The molecule has 3 aromatic rings. The number of rotatable bonds is 7. The number of carbonyl (C=O) groups excluding carboxylic acids is 1. The third-order valence-corrected chi connectivity index (χ3v) is 9.85. The zero-order chi connectivity index (χ0) is 25.2. The van der Waals surface area contributed by atoms with Crippen LogP contribution in [0.4, 0.5) is 0 Å². The fourth-order valence-corrected chi connectivity index (χ4v) is 7.08. The quantitative estimate of drug-likeness (QED) is 0.458. The maximum atomic E-state index is 13.1. The third kappa shape index (κ3) is 5.43. The highest BCUT2D eigenvalue weighted by molar-refractivity contribution is 7.89. The number of benzene rings is 2. The fourth-order valence-electron chi connectivity index (χ4n) is 4.53. The van der Waals surface area contributed by atoms with Crippen molar-refractivity contribution in [3.8, 4) is 0 Å². The molecule has 0 N–H and O–H groups in total. The number of aromatic nitrogens is 1. The van der Waals surface area contributed by atoms with Crippen LogP contribution in [0.25, 0.3) is 10.2 Å². The lowest BCUT2D eigenvalue weighted by molar-refractivity contribution is 0.0997. The summed E-state index contributed by atoms with van der Waals surface area (Å²) in [6, 6.07) is 10.4. The van der Waals surface area contributed by atoms with Gasteiger partial charge in [0.05, 0.1) is 21.7 Å². The first-order valence-electron chi connectivity index (χ1n) is 12.0. The Kier molecular flexibility index (Phi) is 7.90. The van der Waals surface area contributed by atoms with Gasteiger partial charge < -0.3 is 9.30 Å².